The molecule has 1 aromatic heterocycles. The maximum atomic E-state index is 12.4. The van der Waals surface area contributed by atoms with Crippen LogP contribution in [0.5, 0.6) is 0 Å². The summed E-state index contributed by atoms with van der Waals surface area (Å²) in [5.41, 5.74) is 0.400. The van der Waals surface area contributed by atoms with Crippen molar-refractivity contribution >= 4 is 33.0 Å². The lowest BCUT2D eigenvalue weighted by molar-refractivity contribution is -0.0304. The number of aryl methyl sites for hydroxylation is 1. The normalized spacial score (nSPS) is 22.3. The van der Waals surface area contributed by atoms with E-state index in [0.29, 0.717) is 5.69 Å². The van der Waals surface area contributed by atoms with Gasteiger partial charge in [0.05, 0.1) is 25.0 Å². The number of morpholine rings is 1. The molecule has 18 heavy (non-hydrogen) atoms. The predicted octanol–water partition coefficient (Wildman–Crippen LogP) is 0.487. The Kier molecular flexibility index (Phi) is 4.25. The fourth-order valence-electron chi connectivity index (χ4n) is 1.73. The molecule has 0 bridgehead atoms. The number of sulfonamides is 1. The van der Waals surface area contributed by atoms with E-state index in [4.69, 9.17) is 21.4 Å². The highest BCUT2D eigenvalue weighted by molar-refractivity contribution is 7.91. The molecular weight excluding hydrogens is 300 g/mol. The minimum atomic E-state index is -3.60. The van der Waals surface area contributed by atoms with Crippen LogP contribution in [0.2, 0.25) is 4.47 Å². The summed E-state index contributed by atoms with van der Waals surface area (Å²) in [5, 5.41) is 9.03. The Morgan fingerprint density at radius 3 is 2.94 bits per heavy atom. The first-order chi connectivity index (χ1) is 8.45. The Labute approximate surface area is 114 Å². The van der Waals surface area contributed by atoms with Gasteiger partial charge in [0, 0.05) is 13.1 Å². The van der Waals surface area contributed by atoms with Crippen molar-refractivity contribution in [3.8, 4) is 0 Å². The zero-order valence-electron chi connectivity index (χ0n) is 9.67. The monoisotopic (exact) mass is 312 g/mol. The zero-order valence-corrected chi connectivity index (χ0v) is 12.1. The predicted molar refractivity (Wildman–Crippen MR) is 67.4 cm³/mol. The fraction of sp³-hybridized carbons (Fsp3) is 0.667. The van der Waals surface area contributed by atoms with Gasteiger partial charge >= 0.3 is 0 Å². The van der Waals surface area contributed by atoms with E-state index in [0.717, 1.165) is 11.3 Å². The second kappa shape index (κ2) is 5.40. The lowest BCUT2D eigenvalue weighted by atomic mass is 10.3. The summed E-state index contributed by atoms with van der Waals surface area (Å²) in [6.45, 7) is 2.10. The average Bonchev–Trinajstić information content (AvgIpc) is 2.69. The van der Waals surface area contributed by atoms with Crippen molar-refractivity contribution in [2.45, 2.75) is 17.2 Å². The zero-order chi connectivity index (χ0) is 13.3. The van der Waals surface area contributed by atoms with E-state index in [1.807, 2.05) is 0 Å². The van der Waals surface area contributed by atoms with E-state index >= 15 is 0 Å². The standard InChI is InChI=1S/C9H13ClN2O4S2/c1-6-8(17-9(10)11-6)18(14,15)12-2-3-16-7(4-12)5-13/h7,13H,2-5H2,1H3. The smallest absolute Gasteiger partial charge is 0.254 e. The van der Waals surface area contributed by atoms with Crippen LogP contribution in [0.3, 0.4) is 0 Å². The van der Waals surface area contributed by atoms with Gasteiger partial charge in [-0.05, 0) is 6.92 Å². The van der Waals surface area contributed by atoms with Crippen LogP contribution in [0.25, 0.3) is 0 Å². The van der Waals surface area contributed by atoms with E-state index in [-0.39, 0.29) is 35.0 Å². The van der Waals surface area contributed by atoms with Gasteiger partial charge in [0.15, 0.2) is 8.68 Å². The van der Waals surface area contributed by atoms with Crippen LogP contribution in [-0.2, 0) is 14.8 Å². The molecule has 0 radical (unpaired) electrons. The maximum Gasteiger partial charge on any atom is 0.254 e. The first kappa shape index (κ1) is 14.2. The molecule has 1 unspecified atom stereocenters. The molecule has 0 amide bonds. The Balaban J connectivity index is 2.28. The van der Waals surface area contributed by atoms with Crippen LogP contribution in [-0.4, -0.2) is 55.2 Å². The summed E-state index contributed by atoms with van der Waals surface area (Å²) in [6, 6.07) is 0. The summed E-state index contributed by atoms with van der Waals surface area (Å²) < 4.78 is 31.7. The molecule has 1 fully saturated rings. The third-order valence-electron chi connectivity index (χ3n) is 2.61. The Hall–Kier alpha value is -0.250. The Morgan fingerprint density at radius 2 is 2.39 bits per heavy atom. The minimum Gasteiger partial charge on any atom is -0.394 e. The molecule has 9 heteroatoms. The lowest BCUT2D eigenvalue weighted by Crippen LogP contribution is -2.46. The molecule has 6 nitrogen and oxygen atoms in total. The molecule has 1 N–H and O–H groups in total. The first-order valence-electron chi connectivity index (χ1n) is 5.30. The lowest BCUT2D eigenvalue weighted by Gasteiger charge is -2.30. The van der Waals surface area contributed by atoms with E-state index in [1.165, 1.54) is 4.31 Å². The molecule has 1 aromatic rings. The Bertz CT molecular complexity index is 531. The number of aliphatic hydroxyl groups excluding tert-OH is 1. The molecule has 0 spiro atoms. The van der Waals surface area contributed by atoms with E-state index in [9.17, 15) is 8.42 Å². The molecule has 1 saturated heterocycles. The summed E-state index contributed by atoms with van der Waals surface area (Å²) in [4.78, 5) is 3.91. The number of hydrogen-bond acceptors (Lipinski definition) is 6. The number of nitrogens with zero attached hydrogens (tertiary/aromatic N) is 2. The maximum absolute atomic E-state index is 12.4. The molecule has 0 aromatic carbocycles. The highest BCUT2D eigenvalue weighted by Crippen LogP contribution is 2.30. The molecular formula is C9H13ClN2O4S2. The number of rotatable bonds is 3. The first-order valence-corrected chi connectivity index (χ1v) is 7.94. The molecule has 1 atom stereocenters. The van der Waals surface area contributed by atoms with Crippen molar-refractivity contribution in [1.82, 2.24) is 9.29 Å². The number of aliphatic hydroxyl groups is 1. The summed E-state index contributed by atoms with van der Waals surface area (Å²) in [5.74, 6) is 0. The second-order valence-corrected chi connectivity index (χ2v) is 7.59. The van der Waals surface area contributed by atoms with Crippen LogP contribution in [0.15, 0.2) is 4.21 Å². The van der Waals surface area contributed by atoms with Gasteiger partial charge in [-0.2, -0.15) is 4.31 Å². The van der Waals surface area contributed by atoms with Gasteiger partial charge in [-0.3, -0.25) is 0 Å². The number of aromatic nitrogens is 1. The van der Waals surface area contributed by atoms with Gasteiger partial charge in [0.1, 0.15) is 0 Å². The van der Waals surface area contributed by atoms with Crippen LogP contribution < -0.4 is 0 Å². The topological polar surface area (TPSA) is 79.7 Å². The Morgan fingerprint density at radius 1 is 1.67 bits per heavy atom. The van der Waals surface area contributed by atoms with Crippen LogP contribution >= 0.6 is 22.9 Å². The van der Waals surface area contributed by atoms with E-state index < -0.39 is 16.1 Å². The summed E-state index contributed by atoms with van der Waals surface area (Å²) in [6.07, 6.45) is -0.475. The van der Waals surface area contributed by atoms with Gasteiger partial charge in [-0.15, -0.1) is 0 Å². The third kappa shape index (κ3) is 2.68. The number of thiazole rings is 1. The van der Waals surface area contributed by atoms with Gasteiger partial charge in [0.25, 0.3) is 10.0 Å². The van der Waals surface area contributed by atoms with Gasteiger partial charge < -0.3 is 9.84 Å². The molecule has 0 aliphatic carbocycles. The van der Waals surface area contributed by atoms with Crippen molar-refractivity contribution < 1.29 is 18.3 Å². The third-order valence-corrected chi connectivity index (χ3v) is 6.32. The molecule has 2 rings (SSSR count). The van der Waals surface area contributed by atoms with Crippen molar-refractivity contribution in [1.29, 1.82) is 0 Å². The fourth-order valence-corrected chi connectivity index (χ4v) is 5.06. The van der Waals surface area contributed by atoms with Gasteiger partial charge in [0.2, 0.25) is 0 Å². The van der Waals surface area contributed by atoms with Crippen LogP contribution in [0.1, 0.15) is 5.69 Å². The second-order valence-electron chi connectivity index (χ2n) is 3.88. The van der Waals surface area contributed by atoms with Crippen molar-refractivity contribution in [2.75, 3.05) is 26.3 Å². The number of halogens is 1. The molecule has 1 aliphatic heterocycles. The summed E-state index contributed by atoms with van der Waals surface area (Å²) >= 11 is 6.67. The number of hydrogen-bond donors (Lipinski definition) is 1. The van der Waals surface area contributed by atoms with Crippen molar-refractivity contribution in [2.24, 2.45) is 0 Å². The van der Waals surface area contributed by atoms with Crippen molar-refractivity contribution in [3.63, 3.8) is 0 Å². The van der Waals surface area contributed by atoms with E-state index in [1.54, 1.807) is 6.92 Å². The largest absolute Gasteiger partial charge is 0.394 e. The quantitative estimate of drug-likeness (QED) is 0.878. The molecule has 0 saturated carbocycles. The SMILES string of the molecule is Cc1nc(Cl)sc1S(=O)(=O)N1CCOC(CO)C1. The summed E-state index contributed by atoms with van der Waals surface area (Å²) in [7, 11) is -3.60. The van der Waals surface area contributed by atoms with Crippen LogP contribution in [0, 0.1) is 6.92 Å². The highest BCUT2D eigenvalue weighted by atomic mass is 35.5. The number of ether oxygens (including phenoxy) is 1. The molecule has 1 aliphatic rings. The average molecular weight is 313 g/mol. The van der Waals surface area contributed by atoms with Crippen LogP contribution in [0.4, 0.5) is 0 Å². The highest BCUT2D eigenvalue weighted by Gasteiger charge is 2.33. The molecule has 102 valence electrons. The van der Waals surface area contributed by atoms with Gasteiger partial charge in [-0.25, -0.2) is 13.4 Å². The minimum absolute atomic E-state index is 0.147. The van der Waals surface area contributed by atoms with Crippen molar-refractivity contribution in [3.05, 3.63) is 10.2 Å². The van der Waals surface area contributed by atoms with Gasteiger partial charge in [-0.1, -0.05) is 22.9 Å². The molecule has 2 heterocycles. The van der Waals surface area contributed by atoms with E-state index in [2.05, 4.69) is 4.98 Å².